The quantitative estimate of drug-likeness (QED) is 0.806. The molecule has 2 unspecified atom stereocenters. The molecule has 0 aromatic carbocycles. The smallest absolute Gasteiger partial charge is 0.0172 e. The van der Waals surface area contributed by atoms with E-state index in [0.717, 1.165) is 11.3 Å². The Labute approximate surface area is 105 Å². The van der Waals surface area contributed by atoms with Gasteiger partial charge in [0.25, 0.3) is 0 Å². The molecule has 0 spiro atoms. The Morgan fingerprint density at radius 3 is 2.62 bits per heavy atom. The highest BCUT2D eigenvalue weighted by atomic mass is 32.2. The molecule has 1 heterocycles. The van der Waals surface area contributed by atoms with E-state index in [0.29, 0.717) is 5.41 Å². The van der Waals surface area contributed by atoms with Gasteiger partial charge in [0.05, 0.1) is 0 Å². The van der Waals surface area contributed by atoms with Gasteiger partial charge >= 0.3 is 0 Å². The van der Waals surface area contributed by atoms with E-state index in [2.05, 4.69) is 30.9 Å². The second-order valence-electron chi connectivity index (χ2n) is 6.18. The molecule has 0 bridgehead atoms. The van der Waals surface area contributed by atoms with Gasteiger partial charge in [-0.3, -0.25) is 0 Å². The molecule has 2 rings (SSSR count). The predicted molar refractivity (Wildman–Crippen MR) is 74.1 cm³/mol. The van der Waals surface area contributed by atoms with Crippen LogP contribution in [0.25, 0.3) is 0 Å². The van der Waals surface area contributed by atoms with Crippen LogP contribution < -0.4 is 5.32 Å². The third-order valence-corrected chi connectivity index (χ3v) is 5.77. The van der Waals surface area contributed by atoms with E-state index in [4.69, 9.17) is 0 Å². The van der Waals surface area contributed by atoms with Crippen LogP contribution in [-0.2, 0) is 0 Å². The normalized spacial score (nSPS) is 34.9. The van der Waals surface area contributed by atoms with Gasteiger partial charge in [-0.1, -0.05) is 33.1 Å². The van der Waals surface area contributed by atoms with Crippen molar-refractivity contribution < 1.29 is 0 Å². The van der Waals surface area contributed by atoms with Gasteiger partial charge in [-0.05, 0) is 36.9 Å². The molecular formula is C14H27NS. The lowest BCUT2D eigenvalue weighted by Crippen LogP contribution is -2.46. The van der Waals surface area contributed by atoms with Crippen LogP contribution in [0.15, 0.2) is 0 Å². The molecule has 2 heteroatoms. The molecule has 1 aliphatic heterocycles. The third-order valence-electron chi connectivity index (χ3n) is 4.37. The standard InChI is InChI=1S/C14H27NS/c1-14(2)9-5-3-8-13(14)15-11-12-7-4-6-10-16-12/h12-13,15H,3-11H2,1-2H3. The highest BCUT2D eigenvalue weighted by Crippen LogP contribution is 2.35. The molecule has 1 aliphatic carbocycles. The summed E-state index contributed by atoms with van der Waals surface area (Å²) in [5.74, 6) is 1.39. The number of hydrogen-bond acceptors (Lipinski definition) is 2. The lowest BCUT2D eigenvalue weighted by Gasteiger charge is -2.40. The average Bonchev–Trinajstić information content (AvgIpc) is 2.28. The SMILES string of the molecule is CC1(C)CCCCC1NCC1CCCCS1. The van der Waals surface area contributed by atoms with Crippen molar-refractivity contribution in [3.8, 4) is 0 Å². The first-order valence-electron chi connectivity index (χ1n) is 7.03. The Balaban J connectivity index is 1.75. The van der Waals surface area contributed by atoms with Gasteiger partial charge in [0, 0.05) is 17.8 Å². The summed E-state index contributed by atoms with van der Waals surface area (Å²) in [6.45, 7) is 6.13. The molecule has 1 nitrogen and oxygen atoms in total. The van der Waals surface area contributed by atoms with Crippen LogP contribution in [0.4, 0.5) is 0 Å². The van der Waals surface area contributed by atoms with Gasteiger partial charge in [0.2, 0.25) is 0 Å². The van der Waals surface area contributed by atoms with E-state index in [1.165, 1.54) is 57.2 Å². The van der Waals surface area contributed by atoms with Crippen LogP contribution >= 0.6 is 11.8 Å². The minimum absolute atomic E-state index is 0.525. The fourth-order valence-electron chi connectivity index (χ4n) is 3.11. The van der Waals surface area contributed by atoms with E-state index in [-0.39, 0.29) is 0 Å². The van der Waals surface area contributed by atoms with Gasteiger partial charge in [-0.25, -0.2) is 0 Å². The van der Waals surface area contributed by atoms with Crippen molar-refractivity contribution in [1.82, 2.24) is 5.32 Å². The zero-order valence-electron chi connectivity index (χ0n) is 10.9. The lowest BCUT2D eigenvalue weighted by molar-refractivity contribution is 0.168. The van der Waals surface area contributed by atoms with Crippen LogP contribution in [-0.4, -0.2) is 23.6 Å². The average molecular weight is 241 g/mol. The number of nitrogens with one attached hydrogen (secondary N) is 1. The first kappa shape index (κ1) is 12.8. The van der Waals surface area contributed by atoms with Gasteiger partial charge in [-0.15, -0.1) is 0 Å². The fourth-order valence-corrected chi connectivity index (χ4v) is 4.37. The summed E-state index contributed by atoms with van der Waals surface area (Å²) in [7, 11) is 0. The van der Waals surface area contributed by atoms with E-state index < -0.39 is 0 Å². The summed E-state index contributed by atoms with van der Waals surface area (Å²) in [4.78, 5) is 0. The summed E-state index contributed by atoms with van der Waals surface area (Å²) in [5.41, 5.74) is 0.525. The molecule has 1 N–H and O–H groups in total. The van der Waals surface area contributed by atoms with Crippen LogP contribution in [0.5, 0.6) is 0 Å². The maximum absolute atomic E-state index is 3.86. The van der Waals surface area contributed by atoms with Gasteiger partial charge in [0.15, 0.2) is 0 Å². The summed E-state index contributed by atoms with van der Waals surface area (Å²) >= 11 is 2.19. The predicted octanol–water partition coefficient (Wildman–Crippen LogP) is 3.83. The maximum atomic E-state index is 3.86. The molecule has 0 aromatic heterocycles. The van der Waals surface area contributed by atoms with Crippen LogP contribution in [0.3, 0.4) is 0 Å². The minimum Gasteiger partial charge on any atom is -0.312 e. The lowest BCUT2D eigenvalue weighted by atomic mass is 9.73. The molecule has 2 aliphatic rings. The zero-order valence-corrected chi connectivity index (χ0v) is 11.7. The van der Waals surface area contributed by atoms with Crippen LogP contribution in [0, 0.1) is 5.41 Å². The molecule has 0 radical (unpaired) electrons. The summed E-state index contributed by atoms with van der Waals surface area (Å²) < 4.78 is 0. The third kappa shape index (κ3) is 3.40. The number of rotatable bonds is 3. The summed E-state index contributed by atoms with van der Waals surface area (Å²) in [6.07, 6.45) is 9.99. The first-order chi connectivity index (χ1) is 7.68. The highest BCUT2D eigenvalue weighted by molar-refractivity contribution is 7.99. The molecule has 0 amide bonds. The van der Waals surface area contributed by atoms with Crippen LogP contribution in [0.1, 0.15) is 58.8 Å². The van der Waals surface area contributed by atoms with Crippen LogP contribution in [0.2, 0.25) is 0 Å². The highest BCUT2D eigenvalue weighted by Gasteiger charge is 2.32. The Hall–Kier alpha value is 0.310. The monoisotopic (exact) mass is 241 g/mol. The second kappa shape index (κ2) is 5.77. The Morgan fingerprint density at radius 1 is 1.12 bits per heavy atom. The maximum Gasteiger partial charge on any atom is 0.0172 e. The summed E-state index contributed by atoms with van der Waals surface area (Å²) in [6, 6.07) is 0.767. The van der Waals surface area contributed by atoms with Crippen molar-refractivity contribution in [2.24, 2.45) is 5.41 Å². The largest absolute Gasteiger partial charge is 0.312 e. The second-order valence-corrected chi connectivity index (χ2v) is 7.59. The van der Waals surface area contributed by atoms with E-state index in [9.17, 15) is 0 Å². The van der Waals surface area contributed by atoms with Crippen molar-refractivity contribution in [2.45, 2.75) is 70.1 Å². The number of thioether (sulfide) groups is 1. The van der Waals surface area contributed by atoms with Crippen molar-refractivity contribution in [2.75, 3.05) is 12.3 Å². The van der Waals surface area contributed by atoms with Gasteiger partial charge in [0.1, 0.15) is 0 Å². The van der Waals surface area contributed by atoms with Crippen molar-refractivity contribution in [1.29, 1.82) is 0 Å². The zero-order chi connectivity index (χ0) is 11.4. The minimum atomic E-state index is 0.525. The molecule has 94 valence electrons. The Kier molecular flexibility index (Phi) is 4.60. The number of hydrogen-bond donors (Lipinski definition) is 1. The van der Waals surface area contributed by atoms with Crippen molar-refractivity contribution in [3.63, 3.8) is 0 Å². The Bertz CT molecular complexity index is 209. The molecule has 1 saturated heterocycles. The molecular weight excluding hydrogens is 214 g/mol. The van der Waals surface area contributed by atoms with Crippen molar-refractivity contribution >= 4 is 11.8 Å². The topological polar surface area (TPSA) is 12.0 Å². The molecule has 16 heavy (non-hydrogen) atoms. The van der Waals surface area contributed by atoms with E-state index in [1.54, 1.807) is 0 Å². The molecule has 0 aromatic rings. The van der Waals surface area contributed by atoms with Gasteiger partial charge in [-0.2, -0.15) is 11.8 Å². The Morgan fingerprint density at radius 2 is 1.94 bits per heavy atom. The van der Waals surface area contributed by atoms with Crippen molar-refractivity contribution in [3.05, 3.63) is 0 Å². The molecule has 2 fully saturated rings. The summed E-state index contributed by atoms with van der Waals surface area (Å²) in [5, 5.41) is 4.76. The molecule has 2 atom stereocenters. The molecule has 1 saturated carbocycles. The fraction of sp³-hybridized carbons (Fsp3) is 1.00. The van der Waals surface area contributed by atoms with E-state index in [1.807, 2.05) is 0 Å². The van der Waals surface area contributed by atoms with Gasteiger partial charge < -0.3 is 5.32 Å². The first-order valence-corrected chi connectivity index (χ1v) is 8.08. The van der Waals surface area contributed by atoms with E-state index >= 15 is 0 Å².